The summed E-state index contributed by atoms with van der Waals surface area (Å²) in [7, 11) is 1.71. The van der Waals surface area contributed by atoms with Gasteiger partial charge in [0.2, 0.25) is 0 Å². The van der Waals surface area contributed by atoms with Gasteiger partial charge in [0, 0.05) is 24.5 Å². The van der Waals surface area contributed by atoms with E-state index in [0.29, 0.717) is 5.56 Å². The number of ketones is 1. The molecule has 0 spiro atoms. The van der Waals surface area contributed by atoms with Gasteiger partial charge < -0.3 is 4.57 Å². The summed E-state index contributed by atoms with van der Waals surface area (Å²) in [6.45, 7) is 3.38. The van der Waals surface area contributed by atoms with Gasteiger partial charge in [-0.3, -0.25) is 9.36 Å². The van der Waals surface area contributed by atoms with E-state index in [-0.39, 0.29) is 11.5 Å². The maximum absolute atomic E-state index is 11.9. The molecule has 1 aromatic carbocycles. The number of imidazole rings is 1. The molecule has 2 aromatic rings. The molecule has 0 atom stereocenters. The minimum atomic E-state index is -0.108. The van der Waals surface area contributed by atoms with E-state index in [1.807, 2.05) is 13.0 Å². The van der Waals surface area contributed by atoms with Crippen LogP contribution in [0.4, 0.5) is 0 Å². The van der Waals surface area contributed by atoms with Crippen molar-refractivity contribution < 1.29 is 4.79 Å². The molecule has 0 aliphatic rings. The van der Waals surface area contributed by atoms with Crippen LogP contribution in [0.1, 0.15) is 23.0 Å². The Bertz CT molecular complexity index is 635. The molecule has 0 unspecified atom stereocenters. The van der Waals surface area contributed by atoms with Crippen LogP contribution in [-0.4, -0.2) is 14.9 Å². The van der Waals surface area contributed by atoms with Gasteiger partial charge in [-0.05, 0) is 26.0 Å². The monoisotopic (exact) mass is 230 g/mol. The smallest absolute Gasteiger partial charge is 0.302 e. The van der Waals surface area contributed by atoms with E-state index in [9.17, 15) is 9.59 Å². The van der Waals surface area contributed by atoms with Crippen molar-refractivity contribution in [2.45, 2.75) is 13.8 Å². The zero-order valence-electron chi connectivity index (χ0n) is 10.1. The Balaban J connectivity index is 2.65. The lowest BCUT2D eigenvalue weighted by Gasteiger charge is -2.05. The van der Waals surface area contributed by atoms with E-state index in [2.05, 4.69) is 0 Å². The van der Waals surface area contributed by atoms with Crippen molar-refractivity contribution in [1.29, 1.82) is 0 Å². The normalized spacial score (nSPS) is 10.5. The van der Waals surface area contributed by atoms with Gasteiger partial charge >= 0.3 is 5.69 Å². The third-order valence-corrected chi connectivity index (χ3v) is 2.74. The van der Waals surface area contributed by atoms with Gasteiger partial charge in [-0.25, -0.2) is 4.79 Å². The lowest BCUT2D eigenvalue weighted by atomic mass is 10.1. The molecule has 4 heteroatoms. The highest BCUT2D eigenvalue weighted by molar-refractivity contribution is 5.94. The summed E-state index contributed by atoms with van der Waals surface area (Å²) in [5.41, 5.74) is 2.07. The highest BCUT2D eigenvalue weighted by atomic mass is 16.1. The predicted molar refractivity (Wildman–Crippen MR) is 65.8 cm³/mol. The summed E-state index contributed by atoms with van der Waals surface area (Å²) >= 11 is 0. The molecule has 88 valence electrons. The first-order valence-electron chi connectivity index (χ1n) is 5.37. The van der Waals surface area contributed by atoms with Gasteiger partial charge in [0.25, 0.3) is 0 Å². The summed E-state index contributed by atoms with van der Waals surface area (Å²) in [6.07, 6.45) is 1.77. The Morgan fingerprint density at radius 2 is 2.00 bits per heavy atom. The fraction of sp³-hybridized carbons (Fsp3) is 0.231. The first kappa shape index (κ1) is 11.4. The van der Waals surface area contributed by atoms with Crippen molar-refractivity contribution >= 4 is 5.78 Å². The molecular weight excluding hydrogens is 216 g/mol. The largest absolute Gasteiger partial charge is 0.332 e. The average molecular weight is 230 g/mol. The fourth-order valence-corrected chi connectivity index (χ4v) is 1.88. The fourth-order valence-electron chi connectivity index (χ4n) is 1.88. The number of hydrogen-bond donors (Lipinski definition) is 0. The van der Waals surface area contributed by atoms with Crippen LogP contribution in [0.15, 0.2) is 35.3 Å². The van der Waals surface area contributed by atoms with Crippen molar-refractivity contribution in [3.8, 4) is 5.69 Å². The summed E-state index contributed by atoms with van der Waals surface area (Å²) < 4.78 is 3.11. The third-order valence-electron chi connectivity index (χ3n) is 2.74. The molecule has 0 aliphatic carbocycles. The van der Waals surface area contributed by atoms with Crippen LogP contribution in [0.25, 0.3) is 5.69 Å². The van der Waals surface area contributed by atoms with Gasteiger partial charge in [0.05, 0.1) is 5.69 Å². The SMILES string of the molecule is CC(=O)c1cccc(-n2c(C)cn(C)c2=O)c1. The standard InChI is InChI=1S/C13H14N2O2/c1-9-8-14(3)13(17)15(9)12-6-4-5-11(7-12)10(2)16/h4-8H,1-3H3. The number of carbonyl (C=O) groups excluding carboxylic acids is 1. The number of rotatable bonds is 2. The third kappa shape index (κ3) is 1.93. The zero-order chi connectivity index (χ0) is 12.6. The second-order valence-electron chi connectivity index (χ2n) is 4.11. The van der Waals surface area contributed by atoms with Crippen molar-refractivity contribution in [3.63, 3.8) is 0 Å². The number of Topliss-reactive ketones (excluding diaryl/α,β-unsaturated/α-hetero) is 1. The van der Waals surface area contributed by atoms with E-state index >= 15 is 0 Å². The van der Waals surface area contributed by atoms with Crippen LogP contribution in [0.3, 0.4) is 0 Å². The number of aryl methyl sites for hydroxylation is 2. The average Bonchev–Trinajstić information content (AvgIpc) is 2.53. The molecule has 0 radical (unpaired) electrons. The number of carbonyl (C=O) groups is 1. The number of nitrogens with zero attached hydrogens (tertiary/aromatic N) is 2. The Morgan fingerprint density at radius 1 is 1.29 bits per heavy atom. The Kier molecular flexibility index (Phi) is 2.71. The Morgan fingerprint density at radius 3 is 2.53 bits per heavy atom. The first-order valence-corrected chi connectivity index (χ1v) is 5.37. The lowest BCUT2D eigenvalue weighted by molar-refractivity contribution is 0.101. The van der Waals surface area contributed by atoms with Crippen LogP contribution < -0.4 is 5.69 Å². The van der Waals surface area contributed by atoms with E-state index < -0.39 is 0 Å². The second-order valence-corrected chi connectivity index (χ2v) is 4.11. The quantitative estimate of drug-likeness (QED) is 0.737. The summed E-state index contributed by atoms with van der Waals surface area (Å²) in [6, 6.07) is 7.08. The van der Waals surface area contributed by atoms with Crippen molar-refractivity contribution in [3.05, 3.63) is 52.2 Å². The van der Waals surface area contributed by atoms with Crippen LogP contribution >= 0.6 is 0 Å². The highest BCUT2D eigenvalue weighted by Gasteiger charge is 2.08. The molecule has 0 saturated carbocycles. The van der Waals surface area contributed by atoms with Crippen molar-refractivity contribution in [2.75, 3.05) is 0 Å². The highest BCUT2D eigenvalue weighted by Crippen LogP contribution is 2.11. The maximum atomic E-state index is 11.9. The van der Waals surface area contributed by atoms with Crippen LogP contribution in [0.2, 0.25) is 0 Å². The summed E-state index contributed by atoms with van der Waals surface area (Å²) in [5.74, 6) is -0.00603. The van der Waals surface area contributed by atoms with Gasteiger partial charge in [-0.1, -0.05) is 12.1 Å². The molecule has 1 aromatic heterocycles. The van der Waals surface area contributed by atoms with Crippen molar-refractivity contribution in [1.82, 2.24) is 9.13 Å². The maximum Gasteiger partial charge on any atom is 0.332 e. The Labute approximate surface area is 99.1 Å². The number of hydrogen-bond acceptors (Lipinski definition) is 2. The molecule has 1 heterocycles. The molecule has 0 aliphatic heterocycles. The first-order chi connectivity index (χ1) is 8.00. The minimum Gasteiger partial charge on any atom is -0.302 e. The summed E-state index contributed by atoms with van der Waals surface area (Å²) in [5, 5.41) is 0. The molecule has 4 nitrogen and oxygen atoms in total. The molecule has 17 heavy (non-hydrogen) atoms. The molecule has 0 fully saturated rings. The molecule has 2 rings (SSSR count). The van der Waals surface area contributed by atoms with Gasteiger partial charge in [0.1, 0.15) is 0 Å². The molecular formula is C13H14N2O2. The summed E-state index contributed by atoms with van der Waals surface area (Å²) in [4.78, 5) is 23.2. The zero-order valence-corrected chi connectivity index (χ0v) is 10.1. The van der Waals surface area contributed by atoms with Gasteiger partial charge in [-0.2, -0.15) is 0 Å². The van der Waals surface area contributed by atoms with E-state index in [1.54, 1.807) is 36.0 Å². The van der Waals surface area contributed by atoms with Crippen LogP contribution in [0.5, 0.6) is 0 Å². The lowest BCUT2D eigenvalue weighted by Crippen LogP contribution is -2.21. The molecule has 0 bridgehead atoms. The topological polar surface area (TPSA) is 44.0 Å². The molecule has 0 amide bonds. The number of benzene rings is 1. The van der Waals surface area contributed by atoms with Gasteiger partial charge in [0.15, 0.2) is 5.78 Å². The van der Waals surface area contributed by atoms with Crippen molar-refractivity contribution in [2.24, 2.45) is 7.05 Å². The predicted octanol–water partition coefficient (Wildman–Crippen LogP) is 1.69. The second kappa shape index (κ2) is 4.05. The van der Waals surface area contributed by atoms with Crippen LogP contribution in [0, 0.1) is 6.92 Å². The Hall–Kier alpha value is -2.10. The molecule has 0 saturated heterocycles. The number of aromatic nitrogens is 2. The van der Waals surface area contributed by atoms with E-state index in [1.165, 1.54) is 11.5 Å². The van der Waals surface area contributed by atoms with Gasteiger partial charge in [-0.15, -0.1) is 0 Å². The van der Waals surface area contributed by atoms with E-state index in [0.717, 1.165) is 11.4 Å². The minimum absolute atomic E-state index is 0.00603. The molecule has 0 N–H and O–H groups in total. The van der Waals surface area contributed by atoms with Crippen LogP contribution in [-0.2, 0) is 7.05 Å². The van der Waals surface area contributed by atoms with E-state index in [4.69, 9.17) is 0 Å².